The molecule has 7 heteroatoms. The van der Waals surface area contributed by atoms with E-state index in [0.717, 1.165) is 11.8 Å². The number of hydrogen-bond donors (Lipinski definition) is 0. The first-order valence-corrected chi connectivity index (χ1v) is 9.57. The van der Waals surface area contributed by atoms with Crippen LogP contribution in [0.2, 0.25) is 0 Å². The van der Waals surface area contributed by atoms with Crippen LogP contribution in [0.5, 0.6) is 5.75 Å². The Morgan fingerprint density at radius 2 is 2.22 bits per heavy atom. The molecule has 1 aromatic heterocycles. The van der Waals surface area contributed by atoms with Crippen molar-refractivity contribution in [2.24, 2.45) is 0 Å². The van der Waals surface area contributed by atoms with Crippen molar-refractivity contribution in [1.29, 1.82) is 0 Å². The minimum atomic E-state index is -3.56. The topological polar surface area (TPSA) is 63.7 Å². The summed E-state index contributed by atoms with van der Waals surface area (Å²) in [7, 11) is -1.98. The molecule has 1 atom stereocenters. The first-order valence-electron chi connectivity index (χ1n) is 7.25. The van der Waals surface area contributed by atoms with Gasteiger partial charge in [-0.1, -0.05) is 6.07 Å². The monoisotopic (exact) mass is 351 g/mol. The van der Waals surface area contributed by atoms with E-state index in [2.05, 4.69) is 0 Å². The van der Waals surface area contributed by atoms with Crippen LogP contribution in [0.1, 0.15) is 24.3 Å². The molecule has 23 heavy (non-hydrogen) atoms. The number of methoxy groups -OCH3 is 1. The molecular weight excluding hydrogens is 334 g/mol. The van der Waals surface area contributed by atoms with Crippen LogP contribution in [-0.4, -0.2) is 28.4 Å². The summed E-state index contributed by atoms with van der Waals surface area (Å²) >= 11 is 1.21. The molecule has 5 nitrogen and oxygen atoms in total. The second-order valence-electron chi connectivity index (χ2n) is 5.33. The third-order valence-corrected chi connectivity index (χ3v) is 7.15. The van der Waals surface area contributed by atoms with Crippen molar-refractivity contribution in [3.63, 3.8) is 0 Å². The number of thiophene rings is 1. The van der Waals surface area contributed by atoms with Gasteiger partial charge < -0.3 is 9.53 Å². The summed E-state index contributed by atoms with van der Waals surface area (Å²) in [5, 5.41) is 1.75. The van der Waals surface area contributed by atoms with Crippen LogP contribution in [-0.2, 0) is 14.8 Å². The van der Waals surface area contributed by atoms with Gasteiger partial charge in [0.05, 0.1) is 12.8 Å². The number of aldehydes is 1. The second-order valence-corrected chi connectivity index (χ2v) is 8.37. The molecule has 0 bridgehead atoms. The SMILES string of the molecule is COc1ccc2c(c1)C(CCC=O)CN2S(=O)(=O)c1cccs1. The molecule has 122 valence electrons. The Morgan fingerprint density at radius 3 is 2.87 bits per heavy atom. The van der Waals surface area contributed by atoms with Gasteiger partial charge in [0.15, 0.2) is 0 Å². The zero-order valence-electron chi connectivity index (χ0n) is 12.6. The van der Waals surface area contributed by atoms with Crippen LogP contribution in [0.4, 0.5) is 5.69 Å². The molecular formula is C16H17NO4S2. The number of sulfonamides is 1. The molecule has 0 amide bonds. The standard InChI is InChI=1S/C16H17NO4S2/c1-21-13-6-7-15-14(10-13)12(4-2-8-18)11-17(15)23(19,20)16-5-3-9-22-16/h3,5-10,12H,2,4,11H2,1H3. The van der Waals surface area contributed by atoms with Crippen LogP contribution in [0.15, 0.2) is 39.9 Å². The fourth-order valence-electron chi connectivity index (χ4n) is 2.87. The number of hydrogen-bond acceptors (Lipinski definition) is 5. The maximum atomic E-state index is 12.9. The fraction of sp³-hybridized carbons (Fsp3) is 0.312. The van der Waals surface area contributed by atoms with Crippen molar-refractivity contribution in [2.75, 3.05) is 18.0 Å². The second kappa shape index (κ2) is 6.33. The molecule has 1 aliphatic heterocycles. The van der Waals surface area contributed by atoms with Crippen molar-refractivity contribution in [3.8, 4) is 5.75 Å². The Labute approximate surface area is 139 Å². The van der Waals surface area contributed by atoms with Crippen molar-refractivity contribution < 1.29 is 17.9 Å². The smallest absolute Gasteiger partial charge is 0.273 e. The number of carbonyl (C=O) groups is 1. The summed E-state index contributed by atoms with van der Waals surface area (Å²) in [6.07, 6.45) is 1.91. The zero-order chi connectivity index (χ0) is 16.4. The third-order valence-electron chi connectivity index (χ3n) is 4.00. The quantitative estimate of drug-likeness (QED) is 0.751. The molecule has 0 aliphatic carbocycles. The molecule has 0 saturated carbocycles. The normalized spacial score (nSPS) is 17.1. The van der Waals surface area contributed by atoms with Gasteiger partial charge in [-0.2, -0.15) is 0 Å². The van der Waals surface area contributed by atoms with Gasteiger partial charge in [-0.3, -0.25) is 4.31 Å². The highest BCUT2D eigenvalue weighted by Crippen LogP contribution is 2.43. The number of benzene rings is 1. The highest BCUT2D eigenvalue weighted by molar-refractivity contribution is 7.94. The summed E-state index contributed by atoms with van der Waals surface area (Å²) in [4.78, 5) is 10.7. The Kier molecular flexibility index (Phi) is 4.41. The van der Waals surface area contributed by atoms with Crippen LogP contribution in [0.25, 0.3) is 0 Å². The Hall–Kier alpha value is -1.86. The van der Waals surface area contributed by atoms with Crippen LogP contribution >= 0.6 is 11.3 Å². The first kappa shape index (κ1) is 16.0. The molecule has 0 fully saturated rings. The Bertz CT molecular complexity index is 799. The number of nitrogens with zero attached hydrogens (tertiary/aromatic N) is 1. The van der Waals surface area contributed by atoms with E-state index in [0.29, 0.717) is 35.0 Å². The zero-order valence-corrected chi connectivity index (χ0v) is 14.3. The highest BCUT2D eigenvalue weighted by atomic mass is 32.2. The summed E-state index contributed by atoms with van der Waals surface area (Å²) in [6, 6.07) is 8.75. The van der Waals surface area contributed by atoms with Gasteiger partial charge in [0.1, 0.15) is 16.2 Å². The molecule has 2 heterocycles. The average molecular weight is 351 g/mol. The summed E-state index contributed by atoms with van der Waals surface area (Å²) < 4.78 is 32.8. The maximum Gasteiger partial charge on any atom is 0.273 e. The number of anilines is 1. The van der Waals surface area contributed by atoms with Crippen molar-refractivity contribution in [2.45, 2.75) is 23.0 Å². The predicted molar refractivity (Wildman–Crippen MR) is 89.9 cm³/mol. The van der Waals surface area contributed by atoms with E-state index in [-0.39, 0.29) is 5.92 Å². The summed E-state index contributed by atoms with van der Waals surface area (Å²) in [6.45, 7) is 0.358. The molecule has 1 unspecified atom stereocenters. The lowest BCUT2D eigenvalue weighted by Gasteiger charge is -2.19. The molecule has 0 radical (unpaired) electrons. The van der Waals surface area contributed by atoms with Gasteiger partial charge in [-0.25, -0.2) is 8.42 Å². The van der Waals surface area contributed by atoms with Gasteiger partial charge >= 0.3 is 0 Å². The minimum absolute atomic E-state index is 0.0000345. The Morgan fingerprint density at radius 1 is 1.39 bits per heavy atom. The molecule has 1 aliphatic rings. The molecule has 1 aromatic carbocycles. The molecule has 2 aromatic rings. The number of rotatable bonds is 6. The van der Waals surface area contributed by atoms with Gasteiger partial charge in [0, 0.05) is 18.9 Å². The van der Waals surface area contributed by atoms with E-state index in [1.165, 1.54) is 15.6 Å². The van der Waals surface area contributed by atoms with Gasteiger partial charge in [-0.15, -0.1) is 11.3 Å². The number of carbonyl (C=O) groups excluding carboxylic acids is 1. The lowest BCUT2D eigenvalue weighted by atomic mass is 9.96. The van der Waals surface area contributed by atoms with E-state index in [1.54, 1.807) is 36.8 Å². The van der Waals surface area contributed by atoms with Crippen LogP contribution in [0, 0.1) is 0 Å². The van der Waals surface area contributed by atoms with E-state index < -0.39 is 10.0 Å². The molecule has 0 spiro atoms. The maximum absolute atomic E-state index is 12.9. The fourth-order valence-corrected chi connectivity index (χ4v) is 5.51. The first-order chi connectivity index (χ1) is 11.1. The van der Waals surface area contributed by atoms with E-state index in [9.17, 15) is 13.2 Å². The Balaban J connectivity index is 2.03. The lowest BCUT2D eigenvalue weighted by Crippen LogP contribution is -2.29. The average Bonchev–Trinajstić information content (AvgIpc) is 3.21. The largest absolute Gasteiger partial charge is 0.497 e. The van der Waals surface area contributed by atoms with E-state index in [4.69, 9.17) is 4.74 Å². The molecule has 3 rings (SSSR count). The van der Waals surface area contributed by atoms with Gasteiger partial charge in [0.25, 0.3) is 10.0 Å². The van der Waals surface area contributed by atoms with Crippen LogP contribution in [0.3, 0.4) is 0 Å². The summed E-state index contributed by atoms with van der Waals surface area (Å²) in [5.74, 6) is 0.690. The van der Waals surface area contributed by atoms with Gasteiger partial charge in [-0.05, 0) is 41.6 Å². The summed E-state index contributed by atoms with van der Waals surface area (Å²) in [5.41, 5.74) is 1.60. The van der Waals surface area contributed by atoms with E-state index in [1.807, 2.05) is 6.07 Å². The van der Waals surface area contributed by atoms with E-state index >= 15 is 0 Å². The van der Waals surface area contributed by atoms with Crippen molar-refractivity contribution in [3.05, 3.63) is 41.3 Å². The van der Waals surface area contributed by atoms with Crippen molar-refractivity contribution >= 4 is 33.3 Å². The van der Waals surface area contributed by atoms with Crippen LogP contribution < -0.4 is 9.04 Å². The van der Waals surface area contributed by atoms with Crippen molar-refractivity contribution in [1.82, 2.24) is 0 Å². The number of ether oxygens (including phenoxy) is 1. The lowest BCUT2D eigenvalue weighted by molar-refractivity contribution is -0.108. The predicted octanol–water partition coefficient (Wildman–Crippen LogP) is 3.03. The number of fused-ring (bicyclic) bond motifs is 1. The molecule has 0 N–H and O–H groups in total. The highest BCUT2D eigenvalue weighted by Gasteiger charge is 2.37. The minimum Gasteiger partial charge on any atom is -0.497 e. The third kappa shape index (κ3) is 2.86. The van der Waals surface area contributed by atoms with Gasteiger partial charge in [0.2, 0.25) is 0 Å². The molecule has 0 saturated heterocycles.